The summed E-state index contributed by atoms with van der Waals surface area (Å²) >= 11 is 0. The van der Waals surface area contributed by atoms with Crippen LogP contribution in [-0.2, 0) is 9.53 Å². The Morgan fingerprint density at radius 2 is 2.10 bits per heavy atom. The Balaban J connectivity index is 2.05. The zero-order valence-corrected chi connectivity index (χ0v) is 12.9. The van der Waals surface area contributed by atoms with Crippen molar-refractivity contribution in [1.29, 1.82) is 0 Å². The van der Waals surface area contributed by atoms with Crippen LogP contribution in [0.5, 0.6) is 0 Å². The van der Waals surface area contributed by atoms with Gasteiger partial charge in [0, 0.05) is 39.3 Å². The minimum atomic E-state index is -0.335. The van der Waals surface area contributed by atoms with Gasteiger partial charge in [-0.25, -0.2) is 0 Å². The fraction of sp³-hybridized carbons (Fsp3) is 0.562. The Morgan fingerprint density at radius 1 is 1.38 bits per heavy atom. The van der Waals surface area contributed by atoms with Crippen molar-refractivity contribution < 1.29 is 9.53 Å². The van der Waals surface area contributed by atoms with Gasteiger partial charge in [0.25, 0.3) is 0 Å². The van der Waals surface area contributed by atoms with Crippen molar-refractivity contribution in [2.45, 2.75) is 19.0 Å². The van der Waals surface area contributed by atoms with Crippen molar-refractivity contribution in [3.63, 3.8) is 0 Å². The van der Waals surface area contributed by atoms with Crippen molar-refractivity contribution in [2.24, 2.45) is 5.73 Å². The molecule has 21 heavy (non-hydrogen) atoms. The monoisotopic (exact) mass is 291 g/mol. The van der Waals surface area contributed by atoms with E-state index < -0.39 is 0 Å². The van der Waals surface area contributed by atoms with E-state index >= 15 is 0 Å². The summed E-state index contributed by atoms with van der Waals surface area (Å²) in [4.78, 5) is 16.5. The highest BCUT2D eigenvalue weighted by molar-refractivity contribution is 5.81. The largest absolute Gasteiger partial charge is 0.383 e. The minimum Gasteiger partial charge on any atom is -0.383 e. The van der Waals surface area contributed by atoms with Crippen molar-refractivity contribution in [3.8, 4) is 0 Å². The zero-order valence-electron chi connectivity index (χ0n) is 12.9. The molecule has 1 aromatic rings. The molecule has 2 unspecified atom stereocenters. The molecule has 0 bridgehead atoms. The number of methoxy groups -OCH3 is 1. The van der Waals surface area contributed by atoms with E-state index in [0.29, 0.717) is 6.04 Å². The maximum atomic E-state index is 11.9. The van der Waals surface area contributed by atoms with Gasteiger partial charge in [0.2, 0.25) is 5.91 Å². The number of nitrogens with zero attached hydrogens (tertiary/aromatic N) is 2. The molecule has 1 heterocycles. The average Bonchev–Trinajstić information content (AvgIpc) is 2.47. The van der Waals surface area contributed by atoms with E-state index in [-0.39, 0.29) is 11.9 Å². The van der Waals surface area contributed by atoms with Crippen LogP contribution in [0.25, 0.3) is 0 Å². The third-order valence-electron chi connectivity index (χ3n) is 4.13. The molecule has 5 heteroatoms. The number of piperazine rings is 1. The first kappa shape index (κ1) is 15.9. The number of amides is 1. The minimum absolute atomic E-state index is 0.279. The summed E-state index contributed by atoms with van der Waals surface area (Å²) in [6, 6.07) is 9.84. The van der Waals surface area contributed by atoms with Gasteiger partial charge in [-0.15, -0.1) is 0 Å². The number of carbonyl (C=O) groups excluding carboxylic acids is 1. The molecule has 1 aliphatic rings. The molecule has 116 valence electrons. The Morgan fingerprint density at radius 3 is 2.67 bits per heavy atom. The van der Waals surface area contributed by atoms with Crippen LogP contribution in [0.15, 0.2) is 30.3 Å². The van der Waals surface area contributed by atoms with Crippen LogP contribution >= 0.6 is 0 Å². The molecular formula is C16H25N3O2. The maximum Gasteiger partial charge on any atom is 0.239 e. The zero-order chi connectivity index (χ0) is 15.2. The predicted octanol–water partition coefficient (Wildman–Crippen LogP) is 0.866. The van der Waals surface area contributed by atoms with E-state index in [9.17, 15) is 4.79 Å². The molecule has 0 saturated carbocycles. The molecule has 2 rings (SSSR count). The van der Waals surface area contributed by atoms with E-state index in [0.717, 1.165) is 38.3 Å². The van der Waals surface area contributed by atoms with Crippen molar-refractivity contribution in [1.82, 2.24) is 9.80 Å². The standard InChI is InChI=1S/C16H25N3O2/c1-13-12-19(9-8-18(13)10-11-21-2)15(16(17)20)14-6-4-3-5-7-14/h3-7,13,15H,8-12H2,1-2H3,(H2,17,20). The fourth-order valence-corrected chi connectivity index (χ4v) is 2.99. The molecule has 0 radical (unpaired) electrons. The second-order valence-electron chi connectivity index (χ2n) is 5.59. The SMILES string of the molecule is COCCN1CCN(C(C(N)=O)c2ccccc2)CC1C. The normalized spacial score (nSPS) is 22.1. The van der Waals surface area contributed by atoms with Crippen molar-refractivity contribution in [3.05, 3.63) is 35.9 Å². The first-order valence-corrected chi connectivity index (χ1v) is 7.44. The van der Waals surface area contributed by atoms with Crippen LogP contribution in [0.1, 0.15) is 18.5 Å². The third kappa shape index (κ3) is 4.03. The molecule has 1 fully saturated rings. The highest BCUT2D eigenvalue weighted by Crippen LogP contribution is 2.23. The van der Waals surface area contributed by atoms with Gasteiger partial charge in [0.1, 0.15) is 6.04 Å². The first-order valence-electron chi connectivity index (χ1n) is 7.44. The molecule has 0 aliphatic carbocycles. The molecule has 0 aromatic heterocycles. The van der Waals surface area contributed by atoms with Gasteiger partial charge in [-0.2, -0.15) is 0 Å². The van der Waals surface area contributed by atoms with Crippen molar-refractivity contribution in [2.75, 3.05) is 39.9 Å². The van der Waals surface area contributed by atoms with E-state index in [1.54, 1.807) is 7.11 Å². The van der Waals surface area contributed by atoms with Crippen LogP contribution in [0.4, 0.5) is 0 Å². The lowest BCUT2D eigenvalue weighted by molar-refractivity contribution is -0.124. The molecule has 2 N–H and O–H groups in total. The van der Waals surface area contributed by atoms with E-state index in [1.807, 2.05) is 30.3 Å². The molecular weight excluding hydrogens is 266 g/mol. The molecule has 2 atom stereocenters. The van der Waals surface area contributed by atoms with Crippen LogP contribution in [0, 0.1) is 0 Å². The number of hydrogen-bond donors (Lipinski definition) is 1. The third-order valence-corrected chi connectivity index (χ3v) is 4.13. The summed E-state index contributed by atoms with van der Waals surface area (Å²) in [5.41, 5.74) is 6.62. The van der Waals surface area contributed by atoms with Gasteiger partial charge in [-0.1, -0.05) is 30.3 Å². The highest BCUT2D eigenvalue weighted by Gasteiger charge is 2.31. The number of benzene rings is 1. The van der Waals surface area contributed by atoms with Crippen molar-refractivity contribution >= 4 is 5.91 Å². The van der Waals surface area contributed by atoms with E-state index in [4.69, 9.17) is 10.5 Å². The number of rotatable bonds is 6. The van der Waals surface area contributed by atoms with Crippen LogP contribution in [0.2, 0.25) is 0 Å². The number of hydrogen-bond acceptors (Lipinski definition) is 4. The van der Waals surface area contributed by atoms with Gasteiger partial charge in [0.15, 0.2) is 0 Å². The molecule has 1 amide bonds. The fourth-order valence-electron chi connectivity index (χ4n) is 2.99. The number of carbonyl (C=O) groups is 1. The topological polar surface area (TPSA) is 58.8 Å². The van der Waals surface area contributed by atoms with E-state index in [2.05, 4.69) is 16.7 Å². The molecule has 0 spiro atoms. The lowest BCUT2D eigenvalue weighted by Gasteiger charge is -2.42. The summed E-state index contributed by atoms with van der Waals surface area (Å²) in [6.07, 6.45) is 0. The summed E-state index contributed by atoms with van der Waals surface area (Å²) in [7, 11) is 1.72. The molecule has 1 aromatic carbocycles. The van der Waals surface area contributed by atoms with Crippen LogP contribution in [0.3, 0.4) is 0 Å². The van der Waals surface area contributed by atoms with Gasteiger partial charge in [-0.3, -0.25) is 14.6 Å². The number of nitrogens with two attached hydrogens (primary N) is 1. The lowest BCUT2D eigenvalue weighted by Crippen LogP contribution is -2.55. The summed E-state index contributed by atoms with van der Waals surface area (Å²) in [5.74, 6) is -0.279. The summed E-state index contributed by atoms with van der Waals surface area (Å²) in [6.45, 7) is 6.47. The Kier molecular flexibility index (Phi) is 5.73. The van der Waals surface area contributed by atoms with Crippen LogP contribution in [-0.4, -0.2) is 61.6 Å². The van der Waals surface area contributed by atoms with Gasteiger partial charge in [0.05, 0.1) is 6.61 Å². The maximum absolute atomic E-state index is 11.9. The molecule has 5 nitrogen and oxygen atoms in total. The van der Waals surface area contributed by atoms with Gasteiger partial charge in [-0.05, 0) is 12.5 Å². The smallest absolute Gasteiger partial charge is 0.239 e. The number of primary amides is 1. The van der Waals surface area contributed by atoms with E-state index in [1.165, 1.54) is 0 Å². The molecule has 1 aliphatic heterocycles. The first-order chi connectivity index (χ1) is 10.1. The second kappa shape index (κ2) is 7.54. The second-order valence-corrected chi connectivity index (χ2v) is 5.59. The predicted molar refractivity (Wildman–Crippen MR) is 82.9 cm³/mol. The van der Waals surface area contributed by atoms with Gasteiger partial charge >= 0.3 is 0 Å². The summed E-state index contributed by atoms with van der Waals surface area (Å²) in [5, 5.41) is 0. The van der Waals surface area contributed by atoms with Crippen LogP contribution < -0.4 is 5.73 Å². The lowest BCUT2D eigenvalue weighted by atomic mass is 10.0. The summed E-state index contributed by atoms with van der Waals surface area (Å²) < 4.78 is 5.15. The van der Waals surface area contributed by atoms with Gasteiger partial charge < -0.3 is 10.5 Å². The Bertz CT molecular complexity index is 452. The Labute approximate surface area is 126 Å². The number of ether oxygens (including phenoxy) is 1. The quantitative estimate of drug-likeness (QED) is 0.845. The Hall–Kier alpha value is -1.43. The average molecular weight is 291 g/mol. The molecule has 1 saturated heterocycles. The highest BCUT2D eigenvalue weighted by atomic mass is 16.5.